The van der Waals surface area contributed by atoms with E-state index in [1.807, 2.05) is 47.5 Å². The van der Waals surface area contributed by atoms with E-state index in [0.29, 0.717) is 6.54 Å². The number of benzene rings is 1. The van der Waals surface area contributed by atoms with Crippen LogP contribution in [0.4, 0.5) is 5.69 Å². The maximum atomic E-state index is 6.25. The second-order valence-corrected chi connectivity index (χ2v) is 8.51. The van der Waals surface area contributed by atoms with Crippen molar-refractivity contribution in [2.45, 2.75) is 31.2 Å². The molecule has 1 aliphatic rings. The van der Waals surface area contributed by atoms with E-state index in [0.717, 1.165) is 46.5 Å². The molecule has 146 valence electrons. The number of H-pyrrole nitrogens is 1. The topological polar surface area (TPSA) is 66.5 Å². The Morgan fingerprint density at radius 3 is 2.72 bits per heavy atom. The van der Waals surface area contributed by atoms with Crippen LogP contribution in [0.25, 0.3) is 11.5 Å². The van der Waals surface area contributed by atoms with Crippen LogP contribution in [-0.2, 0) is 12.0 Å². The quantitative estimate of drug-likeness (QED) is 0.421. The molecule has 0 radical (unpaired) electrons. The molecule has 3 aromatic heterocycles. The Hall–Kier alpha value is -2.70. The average Bonchev–Trinajstić information content (AvgIpc) is 3.39. The van der Waals surface area contributed by atoms with Crippen molar-refractivity contribution in [1.82, 2.24) is 19.9 Å². The molecule has 5 rings (SSSR count). The minimum Gasteiger partial charge on any atom is -0.378 e. The molecule has 0 amide bonds. The average molecular weight is 422 g/mol. The lowest BCUT2D eigenvalue weighted by Crippen LogP contribution is -2.35. The van der Waals surface area contributed by atoms with Crippen molar-refractivity contribution in [1.29, 1.82) is 0 Å². The molecule has 0 saturated heterocycles. The number of aromatic nitrogens is 4. The van der Waals surface area contributed by atoms with E-state index in [1.165, 1.54) is 12.0 Å². The molecule has 1 aliphatic carbocycles. The van der Waals surface area contributed by atoms with E-state index in [2.05, 4.69) is 37.4 Å². The van der Waals surface area contributed by atoms with E-state index in [-0.39, 0.29) is 5.41 Å². The van der Waals surface area contributed by atoms with Gasteiger partial charge in [-0.15, -0.1) is 11.3 Å². The third kappa shape index (κ3) is 3.54. The molecule has 1 fully saturated rings. The first-order valence-corrected chi connectivity index (χ1v) is 10.9. The highest BCUT2D eigenvalue weighted by molar-refractivity contribution is 7.07. The van der Waals surface area contributed by atoms with Crippen LogP contribution in [0.3, 0.4) is 0 Å². The number of hydrogen-bond donors (Lipinski definition) is 2. The Morgan fingerprint density at radius 1 is 1.10 bits per heavy atom. The van der Waals surface area contributed by atoms with E-state index in [9.17, 15) is 0 Å². The van der Waals surface area contributed by atoms with Crippen molar-refractivity contribution in [3.63, 3.8) is 0 Å². The van der Waals surface area contributed by atoms with Gasteiger partial charge in [-0.1, -0.05) is 30.2 Å². The fourth-order valence-corrected chi connectivity index (χ4v) is 4.63. The summed E-state index contributed by atoms with van der Waals surface area (Å²) in [6.07, 6.45) is 7.19. The summed E-state index contributed by atoms with van der Waals surface area (Å²) in [6.45, 7) is 0.692. The molecule has 0 spiro atoms. The number of hydrogen-bond acceptors (Lipinski definition) is 5. The predicted molar refractivity (Wildman–Crippen MR) is 117 cm³/mol. The molecule has 7 heteroatoms. The first-order chi connectivity index (χ1) is 14.2. The van der Waals surface area contributed by atoms with E-state index < -0.39 is 0 Å². The molecule has 1 saturated carbocycles. The fraction of sp³-hybridized carbons (Fsp3) is 0.227. The van der Waals surface area contributed by atoms with Gasteiger partial charge < -0.3 is 10.3 Å². The minimum atomic E-state index is -0.0226. The number of imidazole rings is 1. The number of thiazole rings is 1. The standard InChI is InChI=1S/C22H20ClN5S/c23-16-4-1-3-15(9-16)22(7-2-8-22)20-12-26-21(28-20)19-6-5-17(10-25-19)24-11-18-13-29-14-27-18/h1,3-6,9-10,12-14,24H,2,7-8,11H2,(H,26,28). The van der Waals surface area contributed by atoms with Crippen LogP contribution < -0.4 is 5.32 Å². The van der Waals surface area contributed by atoms with Gasteiger partial charge in [0, 0.05) is 27.7 Å². The first kappa shape index (κ1) is 18.3. The minimum absolute atomic E-state index is 0.0226. The summed E-state index contributed by atoms with van der Waals surface area (Å²) in [7, 11) is 0. The number of halogens is 1. The number of nitrogens with zero attached hydrogens (tertiary/aromatic N) is 3. The van der Waals surface area contributed by atoms with Crippen LogP contribution in [0.1, 0.15) is 36.2 Å². The van der Waals surface area contributed by atoms with Gasteiger partial charge in [0.05, 0.1) is 29.6 Å². The van der Waals surface area contributed by atoms with Crippen molar-refractivity contribution in [3.8, 4) is 11.5 Å². The van der Waals surface area contributed by atoms with Crippen molar-refractivity contribution in [3.05, 3.63) is 81.7 Å². The summed E-state index contributed by atoms with van der Waals surface area (Å²) < 4.78 is 0. The zero-order chi connectivity index (χ0) is 19.7. The SMILES string of the molecule is Clc1cccc(C2(c3cnc(-c4ccc(NCc5cscn5)cn4)[nH]3)CCC2)c1. The number of rotatable bonds is 6. The molecule has 0 bridgehead atoms. The van der Waals surface area contributed by atoms with E-state index >= 15 is 0 Å². The molecule has 5 nitrogen and oxygen atoms in total. The van der Waals surface area contributed by atoms with Crippen LogP contribution in [0.2, 0.25) is 5.02 Å². The third-order valence-corrected chi connectivity index (χ3v) is 6.51. The second-order valence-electron chi connectivity index (χ2n) is 7.36. The van der Waals surface area contributed by atoms with Gasteiger partial charge in [0.1, 0.15) is 5.69 Å². The highest BCUT2D eigenvalue weighted by atomic mass is 35.5. The van der Waals surface area contributed by atoms with Gasteiger partial charge in [-0.05, 0) is 42.7 Å². The van der Waals surface area contributed by atoms with Crippen molar-refractivity contribution in [2.75, 3.05) is 5.32 Å². The lowest BCUT2D eigenvalue weighted by Gasteiger charge is -2.41. The fourth-order valence-electron chi connectivity index (χ4n) is 3.88. The van der Waals surface area contributed by atoms with Crippen LogP contribution in [0.5, 0.6) is 0 Å². The molecule has 3 heterocycles. The van der Waals surface area contributed by atoms with Gasteiger partial charge in [-0.25, -0.2) is 9.97 Å². The summed E-state index contributed by atoms with van der Waals surface area (Å²) >= 11 is 7.85. The summed E-state index contributed by atoms with van der Waals surface area (Å²) in [4.78, 5) is 17.0. The van der Waals surface area contributed by atoms with Crippen LogP contribution in [-0.4, -0.2) is 19.9 Å². The Kier molecular flexibility index (Phi) is 4.81. The molecule has 1 aromatic carbocycles. The lowest BCUT2D eigenvalue weighted by atomic mass is 9.63. The molecule has 0 atom stereocenters. The number of anilines is 1. The number of pyridine rings is 1. The van der Waals surface area contributed by atoms with Crippen LogP contribution >= 0.6 is 22.9 Å². The highest BCUT2D eigenvalue weighted by Crippen LogP contribution is 2.49. The Morgan fingerprint density at radius 2 is 2.03 bits per heavy atom. The molecule has 2 N–H and O–H groups in total. The summed E-state index contributed by atoms with van der Waals surface area (Å²) in [5.74, 6) is 0.791. The van der Waals surface area contributed by atoms with Crippen molar-refractivity contribution in [2.24, 2.45) is 0 Å². The largest absolute Gasteiger partial charge is 0.378 e. The maximum Gasteiger partial charge on any atom is 0.156 e. The van der Waals surface area contributed by atoms with Gasteiger partial charge in [0.25, 0.3) is 0 Å². The Bertz CT molecular complexity index is 1100. The molecular formula is C22H20ClN5S. The number of nitrogens with one attached hydrogen (secondary N) is 2. The first-order valence-electron chi connectivity index (χ1n) is 9.62. The molecule has 0 unspecified atom stereocenters. The van der Waals surface area contributed by atoms with Gasteiger partial charge in [0.15, 0.2) is 5.82 Å². The van der Waals surface area contributed by atoms with Gasteiger partial charge in [-0.2, -0.15) is 0 Å². The molecular weight excluding hydrogens is 402 g/mol. The van der Waals surface area contributed by atoms with Crippen LogP contribution in [0.15, 0.2) is 59.7 Å². The van der Waals surface area contributed by atoms with Gasteiger partial charge in [-0.3, -0.25) is 4.98 Å². The summed E-state index contributed by atoms with van der Waals surface area (Å²) in [5, 5.41) is 6.15. The van der Waals surface area contributed by atoms with E-state index in [4.69, 9.17) is 11.6 Å². The molecule has 4 aromatic rings. The maximum absolute atomic E-state index is 6.25. The Balaban J connectivity index is 1.35. The van der Waals surface area contributed by atoms with Crippen molar-refractivity contribution < 1.29 is 0 Å². The Labute approximate surface area is 178 Å². The predicted octanol–water partition coefficient (Wildman–Crippen LogP) is 5.66. The van der Waals surface area contributed by atoms with Gasteiger partial charge >= 0.3 is 0 Å². The van der Waals surface area contributed by atoms with Crippen LogP contribution in [0, 0.1) is 0 Å². The highest BCUT2D eigenvalue weighted by Gasteiger charge is 2.42. The normalized spacial score (nSPS) is 15.1. The summed E-state index contributed by atoms with van der Waals surface area (Å²) in [5.41, 5.74) is 7.02. The smallest absolute Gasteiger partial charge is 0.156 e. The molecule has 29 heavy (non-hydrogen) atoms. The van der Waals surface area contributed by atoms with Gasteiger partial charge in [0.2, 0.25) is 0 Å². The summed E-state index contributed by atoms with van der Waals surface area (Å²) in [6, 6.07) is 12.2. The third-order valence-electron chi connectivity index (χ3n) is 5.64. The number of aromatic amines is 1. The zero-order valence-electron chi connectivity index (χ0n) is 15.7. The van der Waals surface area contributed by atoms with E-state index in [1.54, 1.807) is 11.3 Å². The zero-order valence-corrected chi connectivity index (χ0v) is 17.3. The second kappa shape index (κ2) is 7.61. The monoisotopic (exact) mass is 421 g/mol. The lowest BCUT2D eigenvalue weighted by molar-refractivity contribution is 0.295. The van der Waals surface area contributed by atoms with Crippen molar-refractivity contribution >= 4 is 28.6 Å². The molecule has 0 aliphatic heterocycles.